The largest absolute Gasteiger partial charge is 0.495 e. The topological polar surface area (TPSA) is 67.9 Å². The summed E-state index contributed by atoms with van der Waals surface area (Å²) in [5.74, 6) is 1.24. The zero-order valence-corrected chi connectivity index (χ0v) is 22.1. The Bertz CT molecular complexity index is 1480. The van der Waals surface area contributed by atoms with E-state index in [1.54, 1.807) is 40.0 Å². The molecule has 38 heavy (non-hydrogen) atoms. The molecule has 4 aromatic rings. The Morgan fingerprint density at radius 2 is 1.92 bits per heavy atom. The standard InChI is InChI=1S/C26H26F2N6O2.C2H6/c1-31-21-5-8-32(15-35)13-20(21)26(30-31)34-7-3-4-16-10-17(19(25(27)28)11-22(16)34)18-12-24-29-6-9-33(24)14-23(18)36-2;1-2/h6,9-12,14-15,25H,3-5,7-8,13H2,1-2H3;1-2H3. The molecule has 0 atom stereocenters. The lowest BCUT2D eigenvalue weighted by molar-refractivity contribution is -0.118. The Labute approximate surface area is 220 Å². The summed E-state index contributed by atoms with van der Waals surface area (Å²) in [6.07, 6.45) is 5.74. The Morgan fingerprint density at radius 3 is 2.66 bits per heavy atom. The van der Waals surface area contributed by atoms with Gasteiger partial charge in [-0.05, 0) is 42.2 Å². The maximum Gasteiger partial charge on any atom is 0.264 e. The van der Waals surface area contributed by atoms with E-state index >= 15 is 0 Å². The van der Waals surface area contributed by atoms with Crippen LogP contribution in [0.5, 0.6) is 5.75 Å². The fourth-order valence-electron chi connectivity index (χ4n) is 5.50. The third-order valence-corrected chi connectivity index (χ3v) is 7.26. The molecule has 2 aliphatic heterocycles. The summed E-state index contributed by atoms with van der Waals surface area (Å²) in [5.41, 5.74) is 5.42. The van der Waals surface area contributed by atoms with Gasteiger partial charge in [0.25, 0.3) is 6.43 Å². The first kappa shape index (κ1) is 25.7. The van der Waals surface area contributed by atoms with Gasteiger partial charge in [-0.2, -0.15) is 5.10 Å². The highest BCUT2D eigenvalue weighted by Gasteiger charge is 2.31. The Balaban J connectivity index is 0.00000144. The number of carbonyl (C=O) groups is 1. The van der Waals surface area contributed by atoms with Crippen molar-refractivity contribution in [2.24, 2.45) is 7.05 Å². The summed E-state index contributed by atoms with van der Waals surface area (Å²) in [6, 6.07) is 5.26. The number of rotatable bonds is 5. The van der Waals surface area contributed by atoms with Crippen molar-refractivity contribution in [3.8, 4) is 16.9 Å². The maximum absolute atomic E-state index is 14.5. The molecular weight excluding hydrogens is 490 g/mol. The number of pyridine rings is 1. The molecule has 0 fully saturated rings. The van der Waals surface area contributed by atoms with Crippen molar-refractivity contribution in [3.63, 3.8) is 0 Å². The normalized spacial score (nSPS) is 14.7. The number of nitrogens with zero attached hydrogens (tertiary/aromatic N) is 6. The predicted molar refractivity (Wildman–Crippen MR) is 142 cm³/mol. The van der Waals surface area contributed by atoms with Gasteiger partial charge in [-0.15, -0.1) is 0 Å². The minimum Gasteiger partial charge on any atom is -0.495 e. The molecule has 0 aliphatic carbocycles. The molecule has 6 rings (SSSR count). The van der Waals surface area contributed by atoms with Crippen LogP contribution < -0.4 is 9.64 Å². The average Bonchev–Trinajstić information content (AvgIpc) is 3.55. The van der Waals surface area contributed by atoms with Crippen LogP contribution in [-0.4, -0.2) is 50.7 Å². The zero-order valence-electron chi connectivity index (χ0n) is 22.1. The van der Waals surface area contributed by atoms with Crippen molar-refractivity contribution in [2.75, 3.05) is 25.1 Å². The van der Waals surface area contributed by atoms with Gasteiger partial charge in [0.2, 0.25) is 6.41 Å². The Kier molecular flexibility index (Phi) is 7.05. The predicted octanol–water partition coefficient (Wildman–Crippen LogP) is 5.31. The number of hydrogen-bond acceptors (Lipinski definition) is 5. The zero-order chi connectivity index (χ0) is 27.0. The first-order valence-electron chi connectivity index (χ1n) is 13.0. The fraction of sp³-hybridized carbons (Fsp3) is 0.393. The van der Waals surface area contributed by atoms with Gasteiger partial charge in [0.15, 0.2) is 5.82 Å². The number of anilines is 2. The SMILES string of the molecule is CC.COc1cn2ccnc2cc1-c1cc2c(cc1C(F)F)N(c1nn(C)c3c1CN(C=O)CC3)CCC2. The number of halogens is 2. The third-order valence-electron chi connectivity index (χ3n) is 7.26. The van der Waals surface area contributed by atoms with Gasteiger partial charge in [0, 0.05) is 67.0 Å². The van der Waals surface area contributed by atoms with E-state index in [1.165, 1.54) is 7.11 Å². The molecule has 0 radical (unpaired) electrons. The van der Waals surface area contributed by atoms with Crippen molar-refractivity contribution < 1.29 is 18.3 Å². The van der Waals surface area contributed by atoms with Crippen molar-refractivity contribution in [2.45, 2.75) is 46.1 Å². The van der Waals surface area contributed by atoms with Crippen molar-refractivity contribution >= 4 is 23.6 Å². The van der Waals surface area contributed by atoms with Crippen LogP contribution in [0.15, 0.2) is 36.8 Å². The average molecular weight is 523 g/mol. The third kappa shape index (κ3) is 4.27. The molecule has 1 amide bonds. The van der Waals surface area contributed by atoms with E-state index in [4.69, 9.17) is 9.84 Å². The molecule has 0 spiro atoms. The summed E-state index contributed by atoms with van der Waals surface area (Å²) in [7, 11) is 3.44. The highest BCUT2D eigenvalue weighted by Crippen LogP contribution is 2.44. The van der Waals surface area contributed by atoms with Crippen LogP contribution in [0.25, 0.3) is 16.8 Å². The second-order valence-corrected chi connectivity index (χ2v) is 9.27. The maximum atomic E-state index is 14.5. The van der Waals surface area contributed by atoms with E-state index in [9.17, 15) is 13.6 Å². The van der Waals surface area contributed by atoms with Gasteiger partial charge < -0.3 is 18.9 Å². The molecule has 3 aromatic heterocycles. The van der Waals surface area contributed by atoms with Gasteiger partial charge in [0.05, 0.1) is 19.9 Å². The van der Waals surface area contributed by atoms with Crippen LogP contribution >= 0.6 is 0 Å². The number of imidazole rings is 1. The first-order valence-corrected chi connectivity index (χ1v) is 13.0. The minimum atomic E-state index is -2.68. The molecule has 0 saturated heterocycles. The number of alkyl halides is 2. The summed E-state index contributed by atoms with van der Waals surface area (Å²) in [4.78, 5) is 19.5. The van der Waals surface area contributed by atoms with Crippen LogP contribution in [0.3, 0.4) is 0 Å². The first-order chi connectivity index (χ1) is 18.5. The van der Waals surface area contributed by atoms with Crippen LogP contribution in [0, 0.1) is 0 Å². The fourth-order valence-corrected chi connectivity index (χ4v) is 5.50. The Hall–Kier alpha value is -3.95. The molecular formula is C28H32F2N6O2. The number of ether oxygens (including phenoxy) is 1. The number of amides is 1. The van der Waals surface area contributed by atoms with E-state index in [1.807, 2.05) is 36.5 Å². The quantitative estimate of drug-likeness (QED) is 0.333. The number of benzene rings is 1. The molecule has 0 N–H and O–H groups in total. The van der Waals surface area contributed by atoms with Crippen LogP contribution in [0.4, 0.5) is 20.3 Å². The molecule has 2 aliphatic rings. The van der Waals surface area contributed by atoms with Crippen molar-refractivity contribution in [3.05, 3.63) is 59.2 Å². The lowest BCUT2D eigenvalue weighted by Gasteiger charge is -2.33. The van der Waals surface area contributed by atoms with Gasteiger partial charge in [0.1, 0.15) is 11.4 Å². The summed E-state index contributed by atoms with van der Waals surface area (Å²) in [5, 5.41) is 4.78. The Morgan fingerprint density at radius 1 is 1.11 bits per heavy atom. The van der Waals surface area contributed by atoms with E-state index in [0.717, 1.165) is 54.0 Å². The molecule has 5 heterocycles. The minimum absolute atomic E-state index is 0.0610. The lowest BCUT2D eigenvalue weighted by Crippen LogP contribution is -2.31. The molecule has 0 saturated carbocycles. The molecule has 1 aromatic carbocycles. The number of fused-ring (bicyclic) bond motifs is 3. The van der Waals surface area contributed by atoms with Crippen LogP contribution in [0.2, 0.25) is 0 Å². The summed E-state index contributed by atoms with van der Waals surface area (Å²) >= 11 is 0. The second-order valence-electron chi connectivity index (χ2n) is 9.27. The van der Waals surface area contributed by atoms with Crippen LogP contribution in [-0.2, 0) is 31.2 Å². The van der Waals surface area contributed by atoms with Crippen molar-refractivity contribution in [1.29, 1.82) is 0 Å². The number of carbonyl (C=O) groups excluding carboxylic acids is 1. The van der Waals surface area contributed by atoms with E-state index in [2.05, 4.69) is 4.98 Å². The van der Waals surface area contributed by atoms with E-state index in [0.29, 0.717) is 42.2 Å². The summed E-state index contributed by atoms with van der Waals surface area (Å²) in [6.45, 7) is 5.78. The molecule has 8 nitrogen and oxygen atoms in total. The number of methoxy groups -OCH3 is 1. The molecule has 10 heteroatoms. The monoisotopic (exact) mass is 522 g/mol. The molecule has 200 valence electrons. The van der Waals surface area contributed by atoms with Gasteiger partial charge in [-0.3, -0.25) is 9.48 Å². The van der Waals surface area contributed by atoms with Gasteiger partial charge in [-0.1, -0.05) is 13.8 Å². The number of aryl methyl sites for hydroxylation is 2. The lowest BCUT2D eigenvalue weighted by atomic mass is 9.91. The highest BCUT2D eigenvalue weighted by molar-refractivity contribution is 5.81. The van der Waals surface area contributed by atoms with Gasteiger partial charge in [-0.25, -0.2) is 13.8 Å². The number of aromatic nitrogens is 4. The highest BCUT2D eigenvalue weighted by atomic mass is 19.3. The van der Waals surface area contributed by atoms with Gasteiger partial charge >= 0.3 is 0 Å². The summed E-state index contributed by atoms with van der Waals surface area (Å²) < 4.78 is 38.3. The number of hydrogen-bond donors (Lipinski definition) is 0. The van der Waals surface area contributed by atoms with Crippen LogP contribution in [0.1, 0.15) is 49.1 Å². The van der Waals surface area contributed by atoms with Crippen molar-refractivity contribution in [1.82, 2.24) is 24.1 Å². The second kappa shape index (κ2) is 10.4. The smallest absolute Gasteiger partial charge is 0.264 e. The molecule has 0 unspecified atom stereocenters. The molecule has 0 bridgehead atoms. The van der Waals surface area contributed by atoms with E-state index in [-0.39, 0.29) is 5.56 Å². The van der Waals surface area contributed by atoms with E-state index < -0.39 is 6.43 Å².